The number of rotatable bonds is 0. The summed E-state index contributed by atoms with van der Waals surface area (Å²) >= 11 is 0. The lowest BCUT2D eigenvalue weighted by Crippen LogP contribution is -2.20. The fourth-order valence-corrected chi connectivity index (χ4v) is 1.17. The van der Waals surface area contributed by atoms with Crippen LogP contribution in [0.5, 0.6) is 0 Å². The van der Waals surface area contributed by atoms with Crippen molar-refractivity contribution in [3.63, 3.8) is 0 Å². The number of nitrogens with zero attached hydrogens (tertiary/aromatic N) is 1. The molecule has 1 heterocycles. The maximum atomic E-state index is 5.27. The number of hydrogen-bond acceptors (Lipinski definition) is 2. The molecule has 1 aromatic carbocycles. The Labute approximate surface area is 106 Å². The van der Waals surface area contributed by atoms with Gasteiger partial charge in [-0.25, -0.2) is 0 Å². The molecule has 2 rings (SSSR count). The van der Waals surface area contributed by atoms with Crippen molar-refractivity contribution < 1.29 is 4.74 Å². The minimum Gasteiger partial charge on any atom is -0.479 e. The van der Waals surface area contributed by atoms with E-state index in [2.05, 4.69) is 25.8 Å². The SMILES string of the molecule is CC.CC(C)(C)C1=NCCO1.c1ccccc1. The molecule has 2 heteroatoms. The van der Waals surface area contributed by atoms with Gasteiger partial charge >= 0.3 is 0 Å². The summed E-state index contributed by atoms with van der Waals surface area (Å²) in [7, 11) is 0. The number of aliphatic imine (C=N–C) groups is 1. The summed E-state index contributed by atoms with van der Waals surface area (Å²) in [5.74, 6) is 0.905. The van der Waals surface area contributed by atoms with Crippen molar-refractivity contribution in [2.75, 3.05) is 13.2 Å². The lowest BCUT2D eigenvalue weighted by atomic mass is 9.97. The Hall–Kier alpha value is -1.31. The number of ether oxygens (including phenoxy) is 1. The van der Waals surface area contributed by atoms with Crippen LogP contribution in [-0.4, -0.2) is 19.0 Å². The summed E-state index contributed by atoms with van der Waals surface area (Å²) in [6.45, 7) is 11.9. The van der Waals surface area contributed by atoms with Gasteiger partial charge in [0.1, 0.15) is 6.61 Å². The van der Waals surface area contributed by atoms with Crippen molar-refractivity contribution in [2.45, 2.75) is 34.6 Å². The van der Waals surface area contributed by atoms with E-state index in [1.165, 1.54) is 0 Å². The fraction of sp³-hybridized carbons (Fsp3) is 0.533. The summed E-state index contributed by atoms with van der Waals surface area (Å²) < 4.78 is 5.27. The first-order valence-electron chi connectivity index (χ1n) is 6.28. The summed E-state index contributed by atoms with van der Waals surface area (Å²) in [4.78, 5) is 4.20. The Morgan fingerprint density at radius 1 is 0.941 bits per heavy atom. The van der Waals surface area contributed by atoms with Gasteiger partial charge in [0, 0.05) is 5.41 Å². The Morgan fingerprint density at radius 3 is 1.53 bits per heavy atom. The van der Waals surface area contributed by atoms with Gasteiger partial charge < -0.3 is 4.74 Å². The molecule has 96 valence electrons. The van der Waals surface area contributed by atoms with Gasteiger partial charge in [0.15, 0.2) is 5.90 Å². The van der Waals surface area contributed by atoms with Crippen LogP contribution in [-0.2, 0) is 4.74 Å². The maximum Gasteiger partial charge on any atom is 0.188 e. The van der Waals surface area contributed by atoms with Crippen molar-refractivity contribution in [1.29, 1.82) is 0 Å². The molecule has 0 saturated carbocycles. The average Bonchev–Trinajstić information content (AvgIpc) is 2.88. The second-order valence-electron chi connectivity index (χ2n) is 4.44. The van der Waals surface area contributed by atoms with Crippen LogP contribution in [0.3, 0.4) is 0 Å². The Balaban J connectivity index is 0.000000278. The number of hydrogen-bond donors (Lipinski definition) is 0. The van der Waals surface area contributed by atoms with Crippen LogP contribution in [0, 0.1) is 5.41 Å². The highest BCUT2D eigenvalue weighted by Crippen LogP contribution is 2.19. The summed E-state index contributed by atoms with van der Waals surface area (Å²) in [5, 5.41) is 0. The highest BCUT2D eigenvalue weighted by molar-refractivity contribution is 5.82. The van der Waals surface area contributed by atoms with Crippen molar-refractivity contribution >= 4 is 5.90 Å². The Bertz CT molecular complexity index is 272. The minimum atomic E-state index is 0.108. The van der Waals surface area contributed by atoms with E-state index >= 15 is 0 Å². The maximum absolute atomic E-state index is 5.27. The Kier molecular flexibility index (Phi) is 8.12. The van der Waals surface area contributed by atoms with Gasteiger partial charge in [-0.2, -0.15) is 0 Å². The molecule has 1 aliphatic heterocycles. The minimum absolute atomic E-state index is 0.108. The number of benzene rings is 1. The quantitative estimate of drug-likeness (QED) is 0.661. The van der Waals surface area contributed by atoms with Crippen LogP contribution in [0.4, 0.5) is 0 Å². The molecule has 0 spiro atoms. The van der Waals surface area contributed by atoms with E-state index in [0.29, 0.717) is 0 Å². The fourth-order valence-electron chi connectivity index (χ4n) is 1.17. The lowest BCUT2D eigenvalue weighted by Gasteiger charge is -2.16. The molecule has 1 aliphatic rings. The molecule has 0 fully saturated rings. The van der Waals surface area contributed by atoms with Crippen LogP contribution in [0.25, 0.3) is 0 Å². The molecule has 17 heavy (non-hydrogen) atoms. The van der Waals surface area contributed by atoms with Crippen molar-refractivity contribution in [3.8, 4) is 0 Å². The van der Waals surface area contributed by atoms with Gasteiger partial charge in [-0.3, -0.25) is 4.99 Å². The van der Waals surface area contributed by atoms with Gasteiger partial charge in [-0.1, -0.05) is 71.0 Å². The Morgan fingerprint density at radius 2 is 1.35 bits per heavy atom. The van der Waals surface area contributed by atoms with Gasteiger partial charge in [0.25, 0.3) is 0 Å². The predicted octanol–water partition coefficient (Wildman–Crippen LogP) is 4.17. The first kappa shape index (κ1) is 15.7. The van der Waals surface area contributed by atoms with E-state index in [0.717, 1.165) is 19.0 Å². The first-order valence-corrected chi connectivity index (χ1v) is 6.28. The molecule has 1 aromatic rings. The lowest BCUT2D eigenvalue weighted by molar-refractivity contribution is 0.302. The molecular weight excluding hydrogens is 210 g/mol. The molecule has 0 saturated heterocycles. The van der Waals surface area contributed by atoms with Crippen LogP contribution in [0.15, 0.2) is 41.4 Å². The molecule has 2 nitrogen and oxygen atoms in total. The van der Waals surface area contributed by atoms with Gasteiger partial charge in [-0.15, -0.1) is 0 Å². The van der Waals surface area contributed by atoms with Gasteiger partial charge in [0.2, 0.25) is 0 Å². The van der Waals surface area contributed by atoms with Gasteiger partial charge in [0.05, 0.1) is 6.54 Å². The van der Waals surface area contributed by atoms with Crippen molar-refractivity contribution in [1.82, 2.24) is 0 Å². The van der Waals surface area contributed by atoms with Crippen LogP contribution in [0.2, 0.25) is 0 Å². The normalized spacial score (nSPS) is 13.4. The molecule has 0 N–H and O–H groups in total. The molecule has 0 atom stereocenters. The molecule has 0 bridgehead atoms. The second-order valence-corrected chi connectivity index (χ2v) is 4.44. The van der Waals surface area contributed by atoms with E-state index in [9.17, 15) is 0 Å². The van der Waals surface area contributed by atoms with E-state index in [4.69, 9.17) is 4.74 Å². The monoisotopic (exact) mass is 235 g/mol. The van der Waals surface area contributed by atoms with Crippen LogP contribution < -0.4 is 0 Å². The standard InChI is InChI=1S/C7H13NO.C6H6.C2H6/c1-7(2,3)6-8-4-5-9-6;1-2-4-6-5-3-1;1-2/h4-5H2,1-3H3;1-6H;1-2H3. The third-order valence-electron chi connectivity index (χ3n) is 1.89. The third-order valence-corrected chi connectivity index (χ3v) is 1.89. The van der Waals surface area contributed by atoms with E-state index in [-0.39, 0.29) is 5.41 Å². The zero-order valence-corrected chi connectivity index (χ0v) is 11.7. The van der Waals surface area contributed by atoms with Crippen molar-refractivity contribution in [2.24, 2.45) is 10.4 Å². The first-order chi connectivity index (χ1) is 8.11. The van der Waals surface area contributed by atoms with Crippen molar-refractivity contribution in [3.05, 3.63) is 36.4 Å². The van der Waals surface area contributed by atoms with E-state index in [1.54, 1.807) is 0 Å². The zero-order valence-electron chi connectivity index (χ0n) is 11.7. The average molecular weight is 235 g/mol. The smallest absolute Gasteiger partial charge is 0.188 e. The zero-order chi connectivity index (χ0) is 13.1. The molecule has 0 amide bonds. The molecule has 0 aromatic heterocycles. The molecule has 0 unspecified atom stereocenters. The molecule has 0 aliphatic carbocycles. The highest BCUT2D eigenvalue weighted by atomic mass is 16.5. The summed E-state index contributed by atoms with van der Waals surface area (Å²) in [6, 6.07) is 12.0. The molecule has 0 radical (unpaired) electrons. The second kappa shape index (κ2) is 8.80. The van der Waals surface area contributed by atoms with Crippen LogP contribution in [0.1, 0.15) is 34.6 Å². The predicted molar refractivity (Wildman–Crippen MR) is 75.5 cm³/mol. The van der Waals surface area contributed by atoms with Gasteiger partial charge in [-0.05, 0) is 0 Å². The summed E-state index contributed by atoms with van der Waals surface area (Å²) in [5.41, 5.74) is 0.108. The largest absolute Gasteiger partial charge is 0.479 e. The van der Waals surface area contributed by atoms with Crippen LogP contribution >= 0.6 is 0 Å². The molecular formula is C15H25NO. The highest BCUT2D eigenvalue weighted by Gasteiger charge is 2.22. The summed E-state index contributed by atoms with van der Waals surface area (Å²) in [6.07, 6.45) is 0. The van der Waals surface area contributed by atoms with E-state index in [1.807, 2.05) is 50.2 Å². The topological polar surface area (TPSA) is 21.6 Å². The third kappa shape index (κ3) is 7.56. The van der Waals surface area contributed by atoms with E-state index < -0.39 is 0 Å².